The van der Waals surface area contributed by atoms with E-state index >= 15 is 0 Å². The normalized spacial score (nSPS) is 18.8. The number of likely N-dealkylation sites (tertiary alicyclic amines) is 1. The molecule has 0 spiro atoms. The predicted octanol–water partition coefficient (Wildman–Crippen LogP) is 2.36. The third-order valence-electron chi connectivity index (χ3n) is 3.19. The second-order valence-electron chi connectivity index (χ2n) is 4.82. The fourth-order valence-electron chi connectivity index (χ4n) is 1.96. The van der Waals surface area contributed by atoms with Gasteiger partial charge in [-0.05, 0) is 25.8 Å². The third-order valence-corrected chi connectivity index (χ3v) is 3.19. The highest BCUT2D eigenvalue weighted by molar-refractivity contribution is 5.73. The van der Waals surface area contributed by atoms with Gasteiger partial charge in [-0.2, -0.15) is 0 Å². The first-order valence-corrected chi connectivity index (χ1v) is 6.67. The van der Waals surface area contributed by atoms with Gasteiger partial charge in [0.25, 0.3) is 0 Å². The maximum Gasteiger partial charge on any atom is 0.148 e. The number of rotatable bonds is 8. The van der Waals surface area contributed by atoms with Crippen LogP contribution in [0.4, 0.5) is 8.78 Å². The Morgan fingerprint density at radius 3 is 2.68 bits per heavy atom. The van der Waals surface area contributed by atoms with Crippen LogP contribution in [0.1, 0.15) is 26.7 Å². The molecule has 1 heterocycles. The van der Waals surface area contributed by atoms with E-state index in [1.54, 1.807) is 0 Å². The van der Waals surface area contributed by atoms with Crippen molar-refractivity contribution in [2.75, 3.05) is 26.3 Å². The summed E-state index contributed by atoms with van der Waals surface area (Å²) >= 11 is 0. The molecule has 1 rings (SSSR count). The van der Waals surface area contributed by atoms with E-state index in [1.807, 2.05) is 6.92 Å². The predicted molar refractivity (Wildman–Crippen MR) is 72.2 cm³/mol. The summed E-state index contributed by atoms with van der Waals surface area (Å²) in [7, 11) is 0. The largest absolute Gasteiger partial charge is 0.383 e. The monoisotopic (exact) mass is 272 g/mol. The van der Waals surface area contributed by atoms with Crippen molar-refractivity contribution >= 4 is 6.29 Å². The number of alkyl halides is 1. The van der Waals surface area contributed by atoms with Crippen LogP contribution in [0, 0.1) is 0 Å². The van der Waals surface area contributed by atoms with Crippen molar-refractivity contribution in [2.45, 2.75) is 32.7 Å². The topological polar surface area (TPSA) is 32.3 Å². The molecule has 0 amide bonds. The second-order valence-corrected chi connectivity index (χ2v) is 4.82. The third kappa shape index (κ3) is 5.11. The summed E-state index contributed by atoms with van der Waals surface area (Å²) in [6.07, 6.45) is 3.15. The standard InChI is InChI=1S/C14H22F2N2O/c1-3-12(7-14(16)11(2)10-19)17-13-8-18(9-13)6-4-5-15/h7,10,13,17H,3-6,8-9H2,1-2H3/b12-7+,14-11-. The fourth-order valence-corrected chi connectivity index (χ4v) is 1.96. The lowest BCUT2D eigenvalue weighted by Gasteiger charge is -2.40. The summed E-state index contributed by atoms with van der Waals surface area (Å²) < 4.78 is 25.5. The highest BCUT2D eigenvalue weighted by Crippen LogP contribution is 2.14. The molecular formula is C14H22F2N2O. The lowest BCUT2D eigenvalue weighted by Crippen LogP contribution is -2.57. The molecule has 0 aliphatic carbocycles. The first-order chi connectivity index (χ1) is 9.10. The minimum atomic E-state index is -0.493. The Labute approximate surface area is 113 Å². The van der Waals surface area contributed by atoms with E-state index in [1.165, 1.54) is 13.0 Å². The maximum atomic E-state index is 13.5. The van der Waals surface area contributed by atoms with Gasteiger partial charge in [-0.15, -0.1) is 0 Å². The van der Waals surface area contributed by atoms with Crippen LogP contribution in [0.3, 0.4) is 0 Å². The highest BCUT2D eigenvalue weighted by atomic mass is 19.1. The van der Waals surface area contributed by atoms with Crippen LogP contribution in [0.2, 0.25) is 0 Å². The number of hydrogen-bond acceptors (Lipinski definition) is 3. The van der Waals surface area contributed by atoms with E-state index < -0.39 is 5.83 Å². The van der Waals surface area contributed by atoms with E-state index in [2.05, 4.69) is 10.2 Å². The molecule has 1 saturated heterocycles. The zero-order valence-electron chi connectivity index (χ0n) is 11.6. The number of hydrogen-bond donors (Lipinski definition) is 1. The van der Waals surface area contributed by atoms with Crippen LogP contribution in [0.15, 0.2) is 23.2 Å². The molecule has 0 aromatic rings. The van der Waals surface area contributed by atoms with Crippen LogP contribution in [0.25, 0.3) is 0 Å². The van der Waals surface area contributed by atoms with Crippen LogP contribution < -0.4 is 5.32 Å². The van der Waals surface area contributed by atoms with Crippen molar-refractivity contribution in [1.82, 2.24) is 10.2 Å². The summed E-state index contributed by atoms with van der Waals surface area (Å²) in [6, 6.07) is 0.287. The first-order valence-electron chi connectivity index (χ1n) is 6.67. The molecule has 0 saturated carbocycles. The number of allylic oxidation sites excluding steroid dienone is 4. The molecule has 5 heteroatoms. The molecule has 1 N–H and O–H groups in total. The van der Waals surface area contributed by atoms with Gasteiger partial charge in [0.2, 0.25) is 0 Å². The van der Waals surface area contributed by atoms with Crippen molar-refractivity contribution in [3.05, 3.63) is 23.2 Å². The number of halogens is 2. The molecule has 1 aliphatic heterocycles. The SMILES string of the molecule is CC/C(=C\C(F)=C(/C)C=O)NC1CN(CCCF)C1. The van der Waals surface area contributed by atoms with Gasteiger partial charge in [0.1, 0.15) is 12.1 Å². The Bertz CT molecular complexity index is 360. The molecular weight excluding hydrogens is 250 g/mol. The first kappa shape index (κ1) is 15.8. The van der Waals surface area contributed by atoms with Crippen molar-refractivity contribution in [1.29, 1.82) is 0 Å². The molecule has 0 unspecified atom stereocenters. The molecule has 0 aromatic carbocycles. The second kappa shape index (κ2) is 8.04. The Morgan fingerprint density at radius 1 is 1.47 bits per heavy atom. The molecule has 1 aliphatic rings. The lowest BCUT2D eigenvalue weighted by molar-refractivity contribution is -0.104. The zero-order chi connectivity index (χ0) is 14.3. The number of carbonyl (C=O) groups excluding carboxylic acids is 1. The number of nitrogens with zero attached hydrogens (tertiary/aromatic N) is 1. The van der Waals surface area contributed by atoms with Gasteiger partial charge in [0.05, 0.1) is 12.7 Å². The molecule has 3 nitrogen and oxygen atoms in total. The molecule has 19 heavy (non-hydrogen) atoms. The van der Waals surface area contributed by atoms with Gasteiger partial charge in [0.15, 0.2) is 0 Å². The van der Waals surface area contributed by atoms with Gasteiger partial charge in [-0.1, -0.05) is 6.92 Å². The summed E-state index contributed by atoms with van der Waals surface area (Å²) in [5.41, 5.74) is 0.889. The van der Waals surface area contributed by atoms with E-state index in [9.17, 15) is 13.6 Å². The van der Waals surface area contributed by atoms with E-state index in [-0.39, 0.29) is 18.3 Å². The van der Waals surface area contributed by atoms with Gasteiger partial charge in [-0.25, -0.2) is 4.39 Å². The number of carbonyl (C=O) groups is 1. The quantitative estimate of drug-likeness (QED) is 0.418. The Morgan fingerprint density at radius 2 is 2.16 bits per heavy atom. The van der Waals surface area contributed by atoms with Crippen molar-refractivity contribution in [2.24, 2.45) is 0 Å². The molecule has 0 aromatic heterocycles. The van der Waals surface area contributed by atoms with Crippen molar-refractivity contribution in [3.8, 4) is 0 Å². The minimum absolute atomic E-state index is 0.103. The van der Waals surface area contributed by atoms with Crippen molar-refractivity contribution < 1.29 is 13.6 Å². The molecule has 1 fully saturated rings. The molecule has 0 atom stereocenters. The Hall–Kier alpha value is -1.23. The summed E-state index contributed by atoms with van der Waals surface area (Å²) in [5.74, 6) is -0.493. The fraction of sp³-hybridized carbons (Fsp3) is 0.643. The maximum absolute atomic E-state index is 13.5. The Kier molecular flexibility index (Phi) is 6.70. The summed E-state index contributed by atoms with van der Waals surface area (Å²) in [6.45, 7) is 5.59. The van der Waals surface area contributed by atoms with E-state index in [4.69, 9.17) is 0 Å². The summed E-state index contributed by atoms with van der Waals surface area (Å²) in [4.78, 5) is 12.6. The average Bonchev–Trinajstić information content (AvgIpc) is 2.38. The smallest absolute Gasteiger partial charge is 0.148 e. The summed E-state index contributed by atoms with van der Waals surface area (Å²) in [5, 5.41) is 3.25. The van der Waals surface area contributed by atoms with Gasteiger partial charge in [0, 0.05) is 30.9 Å². The van der Waals surface area contributed by atoms with Gasteiger partial charge < -0.3 is 5.32 Å². The van der Waals surface area contributed by atoms with Crippen LogP contribution in [0.5, 0.6) is 0 Å². The van der Waals surface area contributed by atoms with Crippen LogP contribution in [-0.4, -0.2) is 43.5 Å². The minimum Gasteiger partial charge on any atom is -0.383 e. The lowest BCUT2D eigenvalue weighted by atomic mass is 10.1. The van der Waals surface area contributed by atoms with Gasteiger partial charge in [-0.3, -0.25) is 14.1 Å². The zero-order valence-corrected chi connectivity index (χ0v) is 11.6. The molecule has 0 bridgehead atoms. The van der Waals surface area contributed by atoms with E-state index in [0.717, 1.165) is 25.3 Å². The number of nitrogens with one attached hydrogen (secondary N) is 1. The van der Waals surface area contributed by atoms with E-state index in [0.29, 0.717) is 19.1 Å². The van der Waals surface area contributed by atoms with Crippen LogP contribution in [-0.2, 0) is 4.79 Å². The molecule has 108 valence electrons. The molecule has 0 radical (unpaired) electrons. The van der Waals surface area contributed by atoms with Crippen LogP contribution >= 0.6 is 0 Å². The van der Waals surface area contributed by atoms with Gasteiger partial charge >= 0.3 is 0 Å². The number of aldehydes is 1. The Balaban J connectivity index is 2.43. The van der Waals surface area contributed by atoms with Crippen molar-refractivity contribution in [3.63, 3.8) is 0 Å². The highest BCUT2D eigenvalue weighted by Gasteiger charge is 2.25. The average molecular weight is 272 g/mol.